The summed E-state index contributed by atoms with van der Waals surface area (Å²) in [4.78, 5) is 30.0. The minimum atomic E-state index is -2.31. The van der Waals surface area contributed by atoms with Gasteiger partial charge in [0, 0.05) is 6.54 Å². The Bertz CT molecular complexity index is 501. The van der Waals surface area contributed by atoms with E-state index in [1.165, 1.54) is 13.0 Å². The minimum absolute atomic E-state index is 0.237. The van der Waals surface area contributed by atoms with Gasteiger partial charge < -0.3 is 10.2 Å². The Balaban J connectivity index is 5.76. The molecule has 0 aromatic rings. The molecule has 158 valence electrons. The van der Waals surface area contributed by atoms with Crippen molar-refractivity contribution in [2.75, 3.05) is 13.2 Å². The standard InChI is InChI=1S/C18H35N3O5S/c1-5-8-10-13-26-21(20-12-7-3)18(19,16(24)25)17(4,27)15(23)14(22)11-9-6-2/h9,11,15,20,23,27H,5-8,10,12-13,19H2,1-4H3,(H,24,25)/t15?,17-,18-/m1/s1. The molecular weight excluding hydrogens is 370 g/mol. The van der Waals surface area contributed by atoms with Crippen molar-refractivity contribution in [1.82, 2.24) is 10.6 Å². The summed E-state index contributed by atoms with van der Waals surface area (Å²) in [5.74, 6) is -2.16. The molecular formula is C18H35N3O5S. The zero-order valence-corrected chi connectivity index (χ0v) is 17.7. The normalized spacial score (nSPS) is 17.6. The second-order valence-electron chi connectivity index (χ2n) is 6.58. The molecule has 0 amide bonds. The van der Waals surface area contributed by atoms with Crippen LogP contribution in [0.1, 0.15) is 59.8 Å². The molecule has 3 atom stereocenters. The highest BCUT2D eigenvalue weighted by Gasteiger charge is 2.60. The van der Waals surface area contributed by atoms with Crippen LogP contribution >= 0.6 is 12.6 Å². The van der Waals surface area contributed by atoms with E-state index in [0.717, 1.165) is 18.0 Å². The molecule has 0 rings (SSSR count). The first-order valence-electron chi connectivity index (χ1n) is 9.40. The molecule has 0 aromatic carbocycles. The fourth-order valence-electron chi connectivity index (χ4n) is 2.31. The Morgan fingerprint density at radius 3 is 2.41 bits per heavy atom. The van der Waals surface area contributed by atoms with Crippen molar-refractivity contribution in [1.29, 1.82) is 0 Å². The van der Waals surface area contributed by atoms with Crippen molar-refractivity contribution in [2.24, 2.45) is 5.73 Å². The number of ketones is 1. The van der Waals surface area contributed by atoms with Crippen molar-refractivity contribution in [3.8, 4) is 0 Å². The van der Waals surface area contributed by atoms with Gasteiger partial charge >= 0.3 is 5.97 Å². The zero-order valence-electron chi connectivity index (χ0n) is 16.8. The number of nitrogens with zero attached hydrogens (tertiary/aromatic N) is 1. The van der Waals surface area contributed by atoms with E-state index in [0.29, 0.717) is 25.8 Å². The number of allylic oxidation sites excluding steroid dienone is 1. The van der Waals surface area contributed by atoms with Crippen molar-refractivity contribution < 1.29 is 24.6 Å². The molecule has 0 heterocycles. The van der Waals surface area contributed by atoms with Gasteiger partial charge in [-0.3, -0.25) is 15.4 Å². The number of nitrogens with two attached hydrogens (primary N) is 1. The van der Waals surface area contributed by atoms with Crippen LogP contribution in [-0.4, -0.2) is 56.8 Å². The smallest absolute Gasteiger partial charge is 0.344 e. The number of hydrogen-bond donors (Lipinski definition) is 5. The SMILES string of the molecule is CCC=CC(=O)C(O)[C@@](C)(S)[C@@](N)(C(=O)O)N(NCCC)OCCCCC. The molecule has 5 N–H and O–H groups in total. The Kier molecular flexibility index (Phi) is 12.0. The Hall–Kier alpha value is -0.970. The Labute approximate surface area is 167 Å². The van der Waals surface area contributed by atoms with Crippen molar-refractivity contribution >= 4 is 24.4 Å². The topological polar surface area (TPSA) is 125 Å². The van der Waals surface area contributed by atoms with Crippen LogP contribution in [0.5, 0.6) is 0 Å². The second-order valence-corrected chi connectivity index (χ2v) is 7.51. The van der Waals surface area contributed by atoms with Gasteiger partial charge in [0.25, 0.3) is 0 Å². The van der Waals surface area contributed by atoms with Gasteiger partial charge in [-0.15, -0.1) is 0 Å². The van der Waals surface area contributed by atoms with Crippen LogP contribution in [0, 0.1) is 0 Å². The van der Waals surface area contributed by atoms with Crippen molar-refractivity contribution in [2.45, 2.75) is 76.3 Å². The van der Waals surface area contributed by atoms with E-state index < -0.39 is 28.3 Å². The molecule has 0 saturated heterocycles. The molecule has 9 heteroatoms. The summed E-state index contributed by atoms with van der Waals surface area (Å²) >= 11 is 4.32. The molecule has 0 aromatic heterocycles. The molecule has 0 spiro atoms. The van der Waals surface area contributed by atoms with Crippen LogP contribution in [0.15, 0.2) is 12.2 Å². The number of unbranched alkanes of at least 4 members (excludes halogenated alkanes) is 2. The van der Waals surface area contributed by atoms with Crippen LogP contribution in [0.4, 0.5) is 0 Å². The molecule has 0 bridgehead atoms. The quantitative estimate of drug-likeness (QED) is 0.0915. The number of carbonyl (C=O) groups is 2. The number of hydrogen-bond acceptors (Lipinski definition) is 8. The van der Waals surface area contributed by atoms with Gasteiger partial charge in [-0.05, 0) is 32.3 Å². The first-order valence-corrected chi connectivity index (χ1v) is 9.85. The number of hydroxylamine groups is 1. The third-order valence-corrected chi connectivity index (χ3v) is 4.80. The van der Waals surface area contributed by atoms with E-state index in [1.807, 2.05) is 20.8 Å². The van der Waals surface area contributed by atoms with Crippen LogP contribution < -0.4 is 11.2 Å². The van der Waals surface area contributed by atoms with Crippen molar-refractivity contribution in [3.63, 3.8) is 0 Å². The first kappa shape index (κ1) is 26.0. The number of carboxylic acid groups (broad SMARTS) is 1. The predicted molar refractivity (Wildman–Crippen MR) is 108 cm³/mol. The summed E-state index contributed by atoms with van der Waals surface area (Å²) in [6.07, 6.45) is 4.90. The summed E-state index contributed by atoms with van der Waals surface area (Å²) in [6, 6.07) is 0. The zero-order chi connectivity index (χ0) is 21.1. The maximum atomic E-state index is 12.2. The number of nitrogens with one attached hydrogen (secondary N) is 1. The highest BCUT2D eigenvalue weighted by molar-refractivity contribution is 7.82. The van der Waals surface area contributed by atoms with E-state index in [9.17, 15) is 19.8 Å². The van der Waals surface area contributed by atoms with E-state index in [1.54, 1.807) is 6.08 Å². The number of hydrazine groups is 1. The fourth-order valence-corrected chi connectivity index (χ4v) is 2.63. The van der Waals surface area contributed by atoms with Crippen molar-refractivity contribution in [3.05, 3.63) is 12.2 Å². The van der Waals surface area contributed by atoms with Gasteiger partial charge in [-0.25, -0.2) is 10.2 Å². The number of aliphatic hydroxyl groups is 1. The highest BCUT2D eigenvalue weighted by Crippen LogP contribution is 2.34. The maximum absolute atomic E-state index is 12.2. The summed E-state index contributed by atoms with van der Waals surface area (Å²) in [5, 5.41) is 21.3. The molecule has 0 aliphatic heterocycles. The lowest BCUT2D eigenvalue weighted by molar-refractivity contribution is -0.268. The Morgan fingerprint density at radius 2 is 1.93 bits per heavy atom. The lowest BCUT2D eigenvalue weighted by Gasteiger charge is -2.46. The molecule has 0 aliphatic carbocycles. The van der Waals surface area contributed by atoms with Gasteiger partial charge in [0.05, 0.1) is 11.4 Å². The number of aliphatic carboxylic acids is 1. The molecule has 0 aliphatic rings. The van der Waals surface area contributed by atoms with Gasteiger partial charge in [-0.1, -0.05) is 44.9 Å². The predicted octanol–water partition coefficient (Wildman–Crippen LogP) is 1.65. The van der Waals surface area contributed by atoms with Crippen LogP contribution in [0.3, 0.4) is 0 Å². The average Bonchev–Trinajstić information content (AvgIpc) is 2.63. The first-order chi connectivity index (χ1) is 12.6. The monoisotopic (exact) mass is 405 g/mol. The van der Waals surface area contributed by atoms with Crippen LogP contribution in [0.25, 0.3) is 0 Å². The highest BCUT2D eigenvalue weighted by atomic mass is 32.1. The van der Waals surface area contributed by atoms with Gasteiger partial charge in [0.15, 0.2) is 5.78 Å². The number of thiol groups is 1. The average molecular weight is 406 g/mol. The number of aliphatic hydroxyl groups excluding tert-OH is 1. The van der Waals surface area contributed by atoms with E-state index in [-0.39, 0.29) is 6.61 Å². The third-order valence-electron chi connectivity index (χ3n) is 4.21. The second kappa shape index (κ2) is 12.5. The van der Waals surface area contributed by atoms with Crippen LogP contribution in [0.2, 0.25) is 0 Å². The molecule has 1 unspecified atom stereocenters. The van der Waals surface area contributed by atoms with E-state index in [2.05, 4.69) is 18.1 Å². The Morgan fingerprint density at radius 1 is 1.30 bits per heavy atom. The summed E-state index contributed by atoms with van der Waals surface area (Å²) in [7, 11) is 0. The number of carbonyl (C=O) groups excluding carboxylic acids is 1. The number of carboxylic acids is 1. The summed E-state index contributed by atoms with van der Waals surface area (Å²) in [5.41, 5.74) is 6.73. The summed E-state index contributed by atoms with van der Waals surface area (Å²) < 4.78 is -1.86. The maximum Gasteiger partial charge on any atom is 0.344 e. The van der Waals surface area contributed by atoms with Crippen LogP contribution in [-0.2, 0) is 14.4 Å². The molecule has 0 radical (unpaired) electrons. The van der Waals surface area contributed by atoms with Gasteiger partial charge in [-0.2, -0.15) is 12.6 Å². The van der Waals surface area contributed by atoms with Gasteiger partial charge in [0.2, 0.25) is 5.66 Å². The van der Waals surface area contributed by atoms with Gasteiger partial charge in [0.1, 0.15) is 6.10 Å². The van der Waals surface area contributed by atoms with E-state index >= 15 is 0 Å². The third kappa shape index (κ3) is 6.85. The largest absolute Gasteiger partial charge is 0.479 e. The van der Waals surface area contributed by atoms with E-state index in [4.69, 9.17) is 10.6 Å². The minimum Gasteiger partial charge on any atom is -0.479 e. The lowest BCUT2D eigenvalue weighted by atomic mass is 9.86. The number of rotatable bonds is 15. The fraction of sp³-hybridized carbons (Fsp3) is 0.778. The molecule has 0 fully saturated rings. The molecule has 0 saturated carbocycles. The lowest BCUT2D eigenvalue weighted by Crippen LogP contribution is -2.77. The summed E-state index contributed by atoms with van der Waals surface area (Å²) in [6.45, 7) is 7.71. The molecule has 27 heavy (non-hydrogen) atoms. The molecule has 8 nitrogen and oxygen atoms in total.